The molecule has 0 bridgehead atoms. The smallest absolute Gasteiger partial charge is 0.258 e. The number of hydrogen-bond donors (Lipinski definition) is 3. The number of nitrogens with zero attached hydrogens (tertiary/aromatic N) is 1. The van der Waals surface area contributed by atoms with Crippen molar-refractivity contribution in [2.75, 3.05) is 19.5 Å². The van der Waals surface area contributed by atoms with E-state index in [1.807, 2.05) is 0 Å². The molecule has 0 spiro atoms. The molecule has 8 nitrogen and oxygen atoms in total. The number of aromatic nitrogens is 1. The van der Waals surface area contributed by atoms with Gasteiger partial charge in [-0.05, 0) is 85.9 Å². The van der Waals surface area contributed by atoms with Gasteiger partial charge in [-0.25, -0.2) is 4.98 Å². The van der Waals surface area contributed by atoms with Gasteiger partial charge in [-0.2, -0.15) is 0 Å². The van der Waals surface area contributed by atoms with Crippen LogP contribution in [0, 0.1) is 0 Å². The molecular weight excluding hydrogens is 478 g/mol. The molecule has 182 valence electrons. The zero-order valence-electron chi connectivity index (χ0n) is 19.8. The second kappa shape index (κ2) is 10.4. The number of anilines is 1. The Morgan fingerprint density at radius 3 is 2.36 bits per heavy atom. The molecule has 0 aliphatic heterocycles. The van der Waals surface area contributed by atoms with Crippen molar-refractivity contribution >= 4 is 45.6 Å². The molecule has 36 heavy (non-hydrogen) atoms. The number of fused-ring (bicyclic) bond motifs is 1. The molecule has 3 N–H and O–H groups in total. The second-order valence-electron chi connectivity index (χ2n) is 7.87. The van der Waals surface area contributed by atoms with Gasteiger partial charge in [-0.15, -0.1) is 0 Å². The summed E-state index contributed by atoms with van der Waals surface area (Å²) in [5.74, 6) is 0.352. The summed E-state index contributed by atoms with van der Waals surface area (Å²) in [5, 5.41) is 16.2. The molecule has 0 fully saturated rings. The van der Waals surface area contributed by atoms with Crippen LogP contribution in [0.2, 0.25) is 0 Å². The van der Waals surface area contributed by atoms with Crippen LogP contribution in [0.25, 0.3) is 22.2 Å². The Bertz CT molecular complexity index is 1490. The maximum absolute atomic E-state index is 13.4. The summed E-state index contributed by atoms with van der Waals surface area (Å²) in [4.78, 5) is 30.0. The van der Waals surface area contributed by atoms with Crippen LogP contribution in [0.4, 0.5) is 5.69 Å². The van der Waals surface area contributed by atoms with Crippen LogP contribution in [-0.2, 0) is 0 Å². The molecule has 1 heterocycles. The maximum atomic E-state index is 13.4. The Morgan fingerprint density at radius 1 is 0.944 bits per heavy atom. The number of ketones is 1. The lowest BCUT2D eigenvalue weighted by Crippen LogP contribution is -2.34. The Kier molecular flexibility index (Phi) is 7.12. The minimum Gasteiger partial charge on any atom is -0.504 e. The van der Waals surface area contributed by atoms with E-state index in [0.29, 0.717) is 39.2 Å². The Labute approximate surface area is 212 Å². The summed E-state index contributed by atoms with van der Waals surface area (Å²) in [6.45, 7) is 1.46. The Balaban J connectivity index is 1.72. The molecule has 0 aliphatic rings. The van der Waals surface area contributed by atoms with Gasteiger partial charge in [0.1, 0.15) is 5.75 Å². The number of phenols is 1. The Hall–Kier alpha value is -4.50. The van der Waals surface area contributed by atoms with Gasteiger partial charge < -0.3 is 19.9 Å². The summed E-state index contributed by atoms with van der Waals surface area (Å²) < 4.78 is 10.4. The fourth-order valence-corrected chi connectivity index (χ4v) is 3.84. The molecule has 0 saturated heterocycles. The maximum Gasteiger partial charge on any atom is 0.258 e. The number of carbonyl (C=O) groups is 2. The molecule has 4 rings (SSSR count). The number of nitrogens with one attached hydrogen (secondary N) is 2. The predicted molar refractivity (Wildman–Crippen MR) is 142 cm³/mol. The van der Waals surface area contributed by atoms with Crippen molar-refractivity contribution in [1.82, 2.24) is 10.3 Å². The molecule has 0 saturated carbocycles. The van der Waals surface area contributed by atoms with Gasteiger partial charge in [0.2, 0.25) is 0 Å². The van der Waals surface area contributed by atoms with E-state index in [1.165, 1.54) is 20.1 Å². The quantitative estimate of drug-likeness (QED) is 0.251. The summed E-state index contributed by atoms with van der Waals surface area (Å²) in [5.41, 5.74) is 3.05. The average Bonchev–Trinajstić information content (AvgIpc) is 2.88. The first-order valence-electron chi connectivity index (χ1n) is 10.9. The van der Waals surface area contributed by atoms with Gasteiger partial charge >= 0.3 is 0 Å². The third kappa shape index (κ3) is 5.26. The number of amides is 1. The SMILES string of the molecule is COc1ccc(NC(=S)NC(=O)c2cc(-c3ccc(O)c(OC)c3)nc3ccc(C(C)=O)cc23)cc1. The number of hydrogen-bond acceptors (Lipinski definition) is 7. The fourth-order valence-electron chi connectivity index (χ4n) is 3.62. The second-order valence-corrected chi connectivity index (χ2v) is 8.27. The van der Waals surface area contributed by atoms with Crippen LogP contribution in [0.5, 0.6) is 17.2 Å². The molecule has 4 aromatic rings. The lowest BCUT2D eigenvalue weighted by Gasteiger charge is -2.14. The van der Waals surface area contributed by atoms with Gasteiger partial charge in [-0.1, -0.05) is 0 Å². The highest BCUT2D eigenvalue weighted by atomic mass is 32.1. The normalized spacial score (nSPS) is 10.5. The predicted octanol–water partition coefficient (Wildman–Crippen LogP) is 4.95. The van der Waals surface area contributed by atoms with E-state index >= 15 is 0 Å². The van der Waals surface area contributed by atoms with Crippen molar-refractivity contribution in [2.24, 2.45) is 0 Å². The highest BCUT2D eigenvalue weighted by molar-refractivity contribution is 7.80. The zero-order valence-corrected chi connectivity index (χ0v) is 20.6. The standard InChI is InChI=1S/C27H23N3O5S/c1-15(31)16-4-10-22-20(12-16)21(14-23(29-22)17-5-11-24(32)25(13-17)35-3)26(33)30-27(36)28-18-6-8-19(34-2)9-7-18/h4-14,32H,1-3H3,(H2,28,30,33,36). The van der Waals surface area contributed by atoms with E-state index in [2.05, 4.69) is 15.6 Å². The molecule has 0 radical (unpaired) electrons. The Morgan fingerprint density at radius 2 is 1.69 bits per heavy atom. The molecule has 1 aromatic heterocycles. The summed E-state index contributed by atoms with van der Waals surface area (Å²) >= 11 is 5.35. The molecule has 9 heteroatoms. The lowest BCUT2D eigenvalue weighted by molar-refractivity contribution is 0.0976. The number of ether oxygens (including phenoxy) is 2. The third-order valence-electron chi connectivity index (χ3n) is 5.51. The average molecular weight is 502 g/mol. The van der Waals surface area contributed by atoms with E-state index in [1.54, 1.807) is 67.8 Å². The first-order valence-corrected chi connectivity index (χ1v) is 11.3. The number of Topliss-reactive ketones (excluding diaryl/α,β-unsaturated/α-hetero) is 1. The summed E-state index contributed by atoms with van der Waals surface area (Å²) in [6.07, 6.45) is 0. The highest BCUT2D eigenvalue weighted by Gasteiger charge is 2.17. The molecular formula is C27H23N3O5S. The molecule has 0 unspecified atom stereocenters. The number of carbonyl (C=O) groups excluding carboxylic acids is 2. The van der Waals surface area contributed by atoms with Gasteiger partial charge in [0.15, 0.2) is 22.4 Å². The van der Waals surface area contributed by atoms with Gasteiger partial charge in [0.25, 0.3) is 5.91 Å². The number of rotatable bonds is 6. The van der Waals surface area contributed by atoms with E-state index in [9.17, 15) is 14.7 Å². The van der Waals surface area contributed by atoms with E-state index in [4.69, 9.17) is 21.7 Å². The van der Waals surface area contributed by atoms with Gasteiger partial charge in [0, 0.05) is 22.2 Å². The molecule has 0 atom stereocenters. The van der Waals surface area contributed by atoms with E-state index in [-0.39, 0.29) is 28.0 Å². The van der Waals surface area contributed by atoms with Crippen molar-refractivity contribution in [1.29, 1.82) is 0 Å². The van der Waals surface area contributed by atoms with Crippen LogP contribution in [0.15, 0.2) is 66.7 Å². The minimum absolute atomic E-state index is 0.0129. The fraction of sp³-hybridized carbons (Fsp3) is 0.111. The van der Waals surface area contributed by atoms with Gasteiger partial charge in [-0.3, -0.25) is 14.9 Å². The van der Waals surface area contributed by atoms with Crippen molar-refractivity contribution in [3.8, 4) is 28.5 Å². The molecule has 0 aliphatic carbocycles. The summed E-state index contributed by atoms with van der Waals surface area (Å²) in [6, 6.07) is 18.5. The van der Waals surface area contributed by atoms with E-state index < -0.39 is 5.91 Å². The molecule has 1 amide bonds. The van der Waals surface area contributed by atoms with Gasteiger partial charge in [0.05, 0.1) is 31.0 Å². The first-order chi connectivity index (χ1) is 17.3. The lowest BCUT2D eigenvalue weighted by atomic mass is 10.0. The number of pyridine rings is 1. The summed E-state index contributed by atoms with van der Waals surface area (Å²) in [7, 11) is 3.03. The molecule has 3 aromatic carbocycles. The highest BCUT2D eigenvalue weighted by Crippen LogP contribution is 2.32. The van der Waals surface area contributed by atoms with Crippen LogP contribution in [-0.4, -0.2) is 41.1 Å². The number of thiocarbonyl (C=S) groups is 1. The van der Waals surface area contributed by atoms with Crippen LogP contribution in [0.1, 0.15) is 27.6 Å². The van der Waals surface area contributed by atoms with Crippen molar-refractivity contribution in [2.45, 2.75) is 6.92 Å². The largest absolute Gasteiger partial charge is 0.504 e. The minimum atomic E-state index is -0.471. The van der Waals surface area contributed by atoms with Crippen molar-refractivity contribution in [3.63, 3.8) is 0 Å². The zero-order chi connectivity index (χ0) is 25.8. The van der Waals surface area contributed by atoms with Crippen LogP contribution in [0.3, 0.4) is 0 Å². The first kappa shape index (κ1) is 24.6. The van der Waals surface area contributed by atoms with Crippen LogP contribution >= 0.6 is 12.2 Å². The van der Waals surface area contributed by atoms with Crippen molar-refractivity contribution < 1.29 is 24.2 Å². The third-order valence-corrected chi connectivity index (χ3v) is 5.71. The number of methoxy groups -OCH3 is 2. The van der Waals surface area contributed by atoms with E-state index in [0.717, 1.165) is 0 Å². The number of phenolic OH excluding ortho intramolecular Hbond substituents is 1. The van der Waals surface area contributed by atoms with Crippen molar-refractivity contribution in [3.05, 3.63) is 77.9 Å². The topological polar surface area (TPSA) is 110 Å². The number of benzene rings is 3. The monoisotopic (exact) mass is 501 g/mol. The number of aromatic hydroxyl groups is 1. The van der Waals surface area contributed by atoms with Crippen LogP contribution < -0.4 is 20.1 Å².